The molecule has 0 spiro atoms. The molecule has 0 aromatic rings. The van der Waals surface area contributed by atoms with Crippen LogP contribution in [0.25, 0.3) is 0 Å². The van der Waals surface area contributed by atoms with Crippen molar-refractivity contribution in [2.75, 3.05) is 19.0 Å². The number of guanidine groups is 1. The van der Waals surface area contributed by atoms with Crippen molar-refractivity contribution < 1.29 is 14.7 Å². The first kappa shape index (κ1) is 15.6. The third-order valence-corrected chi connectivity index (χ3v) is 3.48. The number of carboxylic acids is 1. The van der Waals surface area contributed by atoms with Crippen LogP contribution in [0.5, 0.6) is 0 Å². The Balaban J connectivity index is 2.55. The number of nitrogens with zero attached hydrogens (tertiary/aromatic N) is 2. The summed E-state index contributed by atoms with van der Waals surface area (Å²) >= 11 is 5.71. The van der Waals surface area contributed by atoms with Gasteiger partial charge in [0.05, 0.1) is 0 Å². The zero-order valence-corrected chi connectivity index (χ0v) is 11.3. The van der Waals surface area contributed by atoms with Crippen molar-refractivity contribution in [2.45, 2.75) is 25.3 Å². The predicted molar refractivity (Wildman–Crippen MR) is 71.9 cm³/mol. The highest BCUT2D eigenvalue weighted by atomic mass is 35.5. The quantitative estimate of drug-likeness (QED) is 0.254. The van der Waals surface area contributed by atoms with Crippen molar-refractivity contribution in [1.82, 2.24) is 4.90 Å². The molecule has 1 rings (SSSR count). The highest BCUT2D eigenvalue weighted by Crippen LogP contribution is 2.23. The first-order valence-electron chi connectivity index (χ1n) is 6.09. The molecule has 1 fully saturated rings. The summed E-state index contributed by atoms with van der Waals surface area (Å²) in [5, 5.41) is 9.21. The Morgan fingerprint density at radius 3 is 2.74 bits per heavy atom. The van der Waals surface area contributed by atoms with Crippen molar-refractivity contribution in [2.24, 2.45) is 22.4 Å². The minimum absolute atomic E-state index is 0.0219. The van der Waals surface area contributed by atoms with Crippen LogP contribution in [0.3, 0.4) is 0 Å². The maximum atomic E-state index is 11.8. The molecule has 5 N–H and O–H groups in total. The maximum absolute atomic E-state index is 11.8. The molecular weight excluding hydrogens is 272 g/mol. The first-order valence-corrected chi connectivity index (χ1v) is 6.62. The molecule has 2 atom stereocenters. The zero-order valence-electron chi connectivity index (χ0n) is 10.6. The van der Waals surface area contributed by atoms with Gasteiger partial charge < -0.3 is 21.5 Å². The minimum atomic E-state index is -1.01. The van der Waals surface area contributed by atoms with Crippen molar-refractivity contribution >= 4 is 29.4 Å². The van der Waals surface area contributed by atoms with Crippen LogP contribution in [-0.4, -0.2) is 52.9 Å². The molecule has 1 aliphatic rings. The van der Waals surface area contributed by atoms with Crippen molar-refractivity contribution in [3.05, 3.63) is 0 Å². The Labute approximate surface area is 116 Å². The maximum Gasteiger partial charge on any atom is 0.326 e. The van der Waals surface area contributed by atoms with Crippen molar-refractivity contribution in [1.29, 1.82) is 0 Å². The fourth-order valence-corrected chi connectivity index (χ4v) is 2.33. The van der Waals surface area contributed by atoms with E-state index in [1.54, 1.807) is 0 Å². The second-order valence-electron chi connectivity index (χ2n) is 4.57. The fraction of sp³-hybridized carbons (Fsp3) is 0.727. The monoisotopic (exact) mass is 290 g/mol. The number of aliphatic imine (C=N–C) groups is 1. The number of halogens is 1. The van der Waals surface area contributed by atoms with E-state index in [1.807, 2.05) is 0 Å². The van der Waals surface area contributed by atoms with E-state index in [0.29, 0.717) is 38.2 Å². The van der Waals surface area contributed by atoms with Gasteiger partial charge in [-0.05, 0) is 18.8 Å². The van der Waals surface area contributed by atoms with Gasteiger partial charge in [-0.15, -0.1) is 11.6 Å². The molecule has 0 aliphatic carbocycles. The summed E-state index contributed by atoms with van der Waals surface area (Å²) in [4.78, 5) is 28.2. The van der Waals surface area contributed by atoms with Gasteiger partial charge in [-0.2, -0.15) is 0 Å². The number of rotatable bonds is 7. The second-order valence-corrected chi connectivity index (χ2v) is 4.88. The van der Waals surface area contributed by atoms with Gasteiger partial charge in [0.15, 0.2) is 5.96 Å². The van der Waals surface area contributed by atoms with Crippen LogP contribution in [0.15, 0.2) is 4.99 Å². The summed E-state index contributed by atoms with van der Waals surface area (Å²) in [5.74, 6) is -0.782. The molecule has 108 valence electrons. The lowest BCUT2D eigenvalue weighted by Gasteiger charge is -2.24. The van der Waals surface area contributed by atoms with Crippen LogP contribution in [0.2, 0.25) is 0 Å². The number of nitrogens with two attached hydrogens (primary N) is 2. The molecule has 0 bridgehead atoms. The van der Waals surface area contributed by atoms with E-state index >= 15 is 0 Å². The number of hydrogen-bond donors (Lipinski definition) is 3. The van der Waals surface area contributed by atoms with Gasteiger partial charge in [-0.1, -0.05) is 0 Å². The van der Waals surface area contributed by atoms with E-state index in [0.717, 1.165) is 0 Å². The third kappa shape index (κ3) is 4.59. The zero-order chi connectivity index (χ0) is 14.4. The van der Waals surface area contributed by atoms with E-state index in [-0.39, 0.29) is 17.8 Å². The Bertz CT molecular complexity index is 371. The number of carboxylic acid groups (broad SMARTS) is 1. The molecular formula is C11H19ClN4O3. The summed E-state index contributed by atoms with van der Waals surface area (Å²) in [5.41, 5.74) is 10.4. The highest BCUT2D eigenvalue weighted by Gasteiger charge is 2.36. The summed E-state index contributed by atoms with van der Waals surface area (Å²) in [6.07, 6.45) is 1.15. The van der Waals surface area contributed by atoms with Gasteiger partial charge in [0.1, 0.15) is 6.04 Å². The van der Waals surface area contributed by atoms with Crippen LogP contribution >= 0.6 is 11.6 Å². The lowest BCUT2D eigenvalue weighted by atomic mass is 10.1. The number of amides is 1. The number of aliphatic carboxylic acids is 1. The van der Waals surface area contributed by atoms with Gasteiger partial charge in [-0.25, -0.2) is 4.79 Å². The Morgan fingerprint density at radius 1 is 1.58 bits per heavy atom. The van der Waals surface area contributed by atoms with Crippen LogP contribution in [0, 0.1) is 5.92 Å². The van der Waals surface area contributed by atoms with Crippen LogP contribution < -0.4 is 11.5 Å². The Kier molecular flexibility index (Phi) is 5.88. The molecule has 0 saturated carbocycles. The second kappa shape index (κ2) is 7.18. The van der Waals surface area contributed by atoms with Crippen LogP contribution in [0.1, 0.15) is 19.3 Å². The third-order valence-electron chi connectivity index (χ3n) is 3.05. The van der Waals surface area contributed by atoms with E-state index in [1.165, 1.54) is 4.90 Å². The van der Waals surface area contributed by atoms with Crippen LogP contribution in [0.4, 0.5) is 0 Å². The van der Waals surface area contributed by atoms with Gasteiger partial charge in [0, 0.05) is 25.4 Å². The summed E-state index contributed by atoms with van der Waals surface area (Å²) in [6.45, 7) is 0.759. The Hall–Kier alpha value is -1.50. The van der Waals surface area contributed by atoms with Gasteiger partial charge in [-0.3, -0.25) is 9.79 Å². The molecule has 0 aromatic carbocycles. The average Bonchev–Trinajstić information content (AvgIpc) is 2.69. The van der Waals surface area contributed by atoms with E-state index in [2.05, 4.69) is 4.99 Å². The van der Waals surface area contributed by atoms with E-state index in [9.17, 15) is 14.7 Å². The molecule has 0 aromatic heterocycles. The van der Waals surface area contributed by atoms with Crippen molar-refractivity contribution in [3.8, 4) is 0 Å². The smallest absolute Gasteiger partial charge is 0.326 e. The van der Waals surface area contributed by atoms with E-state index < -0.39 is 12.0 Å². The number of alkyl halides is 1. The van der Waals surface area contributed by atoms with Crippen molar-refractivity contribution in [3.63, 3.8) is 0 Å². The summed E-state index contributed by atoms with van der Waals surface area (Å²) < 4.78 is 0. The summed E-state index contributed by atoms with van der Waals surface area (Å²) in [7, 11) is 0. The molecule has 8 heteroatoms. The predicted octanol–water partition coefficient (Wildman–Crippen LogP) is -0.419. The Morgan fingerprint density at radius 2 is 2.26 bits per heavy atom. The van der Waals surface area contributed by atoms with E-state index in [4.69, 9.17) is 23.1 Å². The van der Waals surface area contributed by atoms with Gasteiger partial charge in [0.25, 0.3) is 0 Å². The van der Waals surface area contributed by atoms with Gasteiger partial charge in [0.2, 0.25) is 5.91 Å². The minimum Gasteiger partial charge on any atom is -0.480 e. The lowest BCUT2D eigenvalue weighted by molar-refractivity contribution is -0.148. The first-order chi connectivity index (χ1) is 8.95. The number of hydrogen-bond acceptors (Lipinski definition) is 3. The summed E-state index contributed by atoms with van der Waals surface area (Å²) in [6, 6.07) is -0.824. The molecule has 1 heterocycles. The topological polar surface area (TPSA) is 122 Å². The molecule has 0 radical (unpaired) electrons. The molecule has 19 heavy (non-hydrogen) atoms. The largest absolute Gasteiger partial charge is 0.480 e. The highest BCUT2D eigenvalue weighted by molar-refractivity contribution is 6.18. The lowest BCUT2D eigenvalue weighted by Crippen LogP contribution is -2.42. The fourth-order valence-electron chi connectivity index (χ4n) is 2.12. The number of likely N-dealkylation sites (tertiary alicyclic amines) is 1. The normalized spacial score (nSPS) is 20.4. The average molecular weight is 291 g/mol. The molecule has 1 unspecified atom stereocenters. The molecule has 1 saturated heterocycles. The number of carbonyl (C=O) groups is 2. The van der Waals surface area contributed by atoms with Crippen LogP contribution in [-0.2, 0) is 9.59 Å². The SMILES string of the molecule is NC(N)=NCCC[C@@H](C(=O)O)N1CC(CCl)CC1=O. The number of carbonyl (C=O) groups excluding carboxylic acids is 1. The molecule has 1 amide bonds. The molecule has 1 aliphatic heterocycles. The standard InChI is InChI=1S/C11H19ClN4O3/c12-5-7-4-9(17)16(6-7)8(10(18)19)2-1-3-15-11(13)14/h7-8H,1-6H2,(H,18,19)(H4,13,14,15)/t7?,8-/m0/s1. The molecule has 7 nitrogen and oxygen atoms in total. The van der Waals surface area contributed by atoms with Gasteiger partial charge >= 0.3 is 5.97 Å².